The highest BCUT2D eigenvalue weighted by atomic mass is 35.5. The van der Waals surface area contributed by atoms with Crippen molar-refractivity contribution >= 4 is 29.0 Å². The molecule has 27 heavy (non-hydrogen) atoms. The lowest BCUT2D eigenvalue weighted by atomic mass is 10.1. The van der Waals surface area contributed by atoms with E-state index in [1.165, 1.54) is 27.8 Å². The Hall–Kier alpha value is -2.71. The maximum atomic E-state index is 12.3. The van der Waals surface area contributed by atoms with Crippen molar-refractivity contribution in [2.75, 3.05) is 0 Å². The molecular formula is C18H15ClN6OS. The van der Waals surface area contributed by atoms with Gasteiger partial charge in [0.1, 0.15) is 5.65 Å². The Morgan fingerprint density at radius 1 is 1.15 bits per heavy atom. The average Bonchev–Trinajstić information content (AvgIpc) is 3.09. The van der Waals surface area contributed by atoms with E-state index < -0.39 is 0 Å². The molecule has 1 aromatic carbocycles. The zero-order valence-electron chi connectivity index (χ0n) is 14.6. The Labute approximate surface area is 164 Å². The molecule has 3 aromatic heterocycles. The summed E-state index contributed by atoms with van der Waals surface area (Å²) < 4.78 is 3.13. The molecule has 9 heteroatoms. The number of benzene rings is 1. The fraction of sp³-hybridized carbons (Fsp3) is 0.167. The zero-order valence-corrected chi connectivity index (χ0v) is 16.2. The Balaban J connectivity index is 1.62. The highest BCUT2D eigenvalue weighted by Gasteiger charge is 2.12. The number of hydrogen-bond donors (Lipinski definition) is 0. The minimum Gasteiger partial charge on any atom is -0.269 e. The molecule has 136 valence electrons. The van der Waals surface area contributed by atoms with Gasteiger partial charge in [0.25, 0.3) is 5.56 Å². The van der Waals surface area contributed by atoms with Gasteiger partial charge in [-0.1, -0.05) is 41.1 Å². The molecule has 0 amide bonds. The average molecular weight is 399 g/mol. The van der Waals surface area contributed by atoms with Gasteiger partial charge in [-0.2, -0.15) is 4.68 Å². The van der Waals surface area contributed by atoms with Crippen LogP contribution in [0.15, 0.2) is 52.5 Å². The van der Waals surface area contributed by atoms with Crippen molar-refractivity contribution in [1.29, 1.82) is 0 Å². The number of hydrogen-bond acceptors (Lipinski definition) is 6. The van der Waals surface area contributed by atoms with Crippen LogP contribution >= 0.6 is 23.4 Å². The summed E-state index contributed by atoms with van der Waals surface area (Å²) in [5, 5.41) is 13.1. The molecule has 0 fully saturated rings. The van der Waals surface area contributed by atoms with Crippen LogP contribution in [0.2, 0.25) is 5.02 Å². The van der Waals surface area contributed by atoms with Crippen molar-refractivity contribution in [2.24, 2.45) is 0 Å². The molecule has 3 heterocycles. The van der Waals surface area contributed by atoms with Crippen molar-refractivity contribution in [3.63, 3.8) is 0 Å². The number of fused-ring (bicyclic) bond motifs is 1. The normalized spacial score (nSPS) is 11.2. The third-order valence-corrected chi connectivity index (χ3v) is 5.22. The summed E-state index contributed by atoms with van der Waals surface area (Å²) in [6.45, 7) is 4.07. The molecule has 0 saturated heterocycles. The van der Waals surface area contributed by atoms with Gasteiger partial charge in [0.2, 0.25) is 5.16 Å². The largest absolute Gasteiger partial charge is 0.269 e. The van der Waals surface area contributed by atoms with E-state index in [4.69, 9.17) is 11.6 Å². The van der Waals surface area contributed by atoms with Gasteiger partial charge in [-0.25, -0.2) is 4.98 Å². The van der Waals surface area contributed by atoms with Crippen LogP contribution in [-0.2, 0) is 5.75 Å². The molecule has 0 unspecified atom stereocenters. The van der Waals surface area contributed by atoms with E-state index in [1.54, 1.807) is 23.0 Å². The van der Waals surface area contributed by atoms with Gasteiger partial charge in [0, 0.05) is 18.0 Å². The maximum Gasteiger partial charge on any atom is 0.258 e. The van der Waals surface area contributed by atoms with E-state index >= 15 is 0 Å². The standard InChI is InChI=1S/C18H15ClN6OS/c1-11-3-5-15(12(2)7-11)25-18(21-22-23-25)27-10-14-8-17(26)24-9-13(19)4-6-16(24)20-14/h3-9H,10H2,1-2H3. The second-order valence-corrected chi connectivity index (χ2v) is 7.49. The third-order valence-electron chi connectivity index (χ3n) is 4.05. The molecule has 0 N–H and O–H groups in total. The van der Waals surface area contributed by atoms with E-state index in [0.717, 1.165) is 11.3 Å². The van der Waals surface area contributed by atoms with Crippen LogP contribution in [0.25, 0.3) is 11.3 Å². The Kier molecular flexibility index (Phi) is 4.67. The number of rotatable bonds is 4. The summed E-state index contributed by atoms with van der Waals surface area (Å²) in [6, 6.07) is 11.0. The van der Waals surface area contributed by atoms with Crippen LogP contribution in [0.5, 0.6) is 0 Å². The van der Waals surface area contributed by atoms with E-state index in [-0.39, 0.29) is 5.56 Å². The van der Waals surface area contributed by atoms with Crippen LogP contribution in [-0.4, -0.2) is 29.6 Å². The lowest BCUT2D eigenvalue weighted by Gasteiger charge is -2.08. The quantitative estimate of drug-likeness (QED) is 0.491. The number of pyridine rings is 1. The Morgan fingerprint density at radius 2 is 2.00 bits per heavy atom. The van der Waals surface area contributed by atoms with Crippen molar-refractivity contribution < 1.29 is 0 Å². The molecule has 4 rings (SSSR count). The van der Waals surface area contributed by atoms with E-state index in [2.05, 4.69) is 26.6 Å². The molecule has 0 aliphatic carbocycles. The molecule has 0 bridgehead atoms. The van der Waals surface area contributed by atoms with Crippen LogP contribution in [0.3, 0.4) is 0 Å². The second-order valence-electron chi connectivity index (χ2n) is 6.11. The summed E-state index contributed by atoms with van der Waals surface area (Å²) >= 11 is 7.37. The first-order valence-corrected chi connectivity index (χ1v) is 9.54. The van der Waals surface area contributed by atoms with Gasteiger partial charge in [-0.15, -0.1) is 5.10 Å². The predicted octanol–water partition coefficient (Wildman–Crippen LogP) is 3.23. The van der Waals surface area contributed by atoms with Gasteiger partial charge in [-0.05, 0) is 48.0 Å². The van der Waals surface area contributed by atoms with Crippen molar-refractivity contribution in [1.82, 2.24) is 29.6 Å². The van der Waals surface area contributed by atoms with Crippen LogP contribution in [0, 0.1) is 13.8 Å². The maximum absolute atomic E-state index is 12.3. The smallest absolute Gasteiger partial charge is 0.258 e. The van der Waals surface area contributed by atoms with E-state index in [0.29, 0.717) is 27.3 Å². The summed E-state index contributed by atoms with van der Waals surface area (Å²) in [5.74, 6) is 0.472. The van der Waals surface area contributed by atoms with Gasteiger partial charge in [0.15, 0.2) is 0 Å². The summed E-state index contributed by atoms with van der Waals surface area (Å²) in [6.07, 6.45) is 1.56. The molecular weight excluding hydrogens is 384 g/mol. The monoisotopic (exact) mass is 398 g/mol. The first-order chi connectivity index (χ1) is 13.0. The number of halogens is 1. The van der Waals surface area contributed by atoms with Crippen LogP contribution < -0.4 is 5.56 Å². The molecule has 0 radical (unpaired) electrons. The topological polar surface area (TPSA) is 78.0 Å². The highest BCUT2D eigenvalue weighted by Crippen LogP contribution is 2.23. The predicted molar refractivity (Wildman–Crippen MR) is 105 cm³/mol. The molecule has 4 aromatic rings. The number of thioether (sulfide) groups is 1. The number of aryl methyl sites for hydroxylation is 2. The fourth-order valence-corrected chi connectivity index (χ4v) is 3.74. The van der Waals surface area contributed by atoms with Gasteiger partial charge in [-0.3, -0.25) is 9.20 Å². The molecule has 0 atom stereocenters. The van der Waals surface area contributed by atoms with Gasteiger partial charge in [0.05, 0.1) is 16.4 Å². The van der Waals surface area contributed by atoms with Crippen LogP contribution in [0.1, 0.15) is 16.8 Å². The first kappa shape index (κ1) is 17.7. The zero-order chi connectivity index (χ0) is 19.0. The highest BCUT2D eigenvalue weighted by molar-refractivity contribution is 7.98. The molecule has 0 saturated carbocycles. The minimum atomic E-state index is -0.174. The number of nitrogens with zero attached hydrogens (tertiary/aromatic N) is 6. The van der Waals surface area contributed by atoms with Crippen molar-refractivity contribution in [3.05, 3.63) is 74.8 Å². The van der Waals surface area contributed by atoms with Crippen molar-refractivity contribution in [3.8, 4) is 5.69 Å². The minimum absolute atomic E-state index is 0.174. The summed E-state index contributed by atoms with van der Waals surface area (Å²) in [4.78, 5) is 16.8. The third kappa shape index (κ3) is 3.58. The second kappa shape index (κ2) is 7.13. The molecule has 7 nitrogen and oxygen atoms in total. The fourth-order valence-electron chi connectivity index (χ4n) is 2.80. The van der Waals surface area contributed by atoms with E-state index in [1.807, 2.05) is 26.0 Å². The van der Waals surface area contributed by atoms with Gasteiger partial charge < -0.3 is 0 Å². The van der Waals surface area contributed by atoms with E-state index in [9.17, 15) is 4.79 Å². The van der Waals surface area contributed by atoms with Gasteiger partial charge >= 0.3 is 0 Å². The lowest BCUT2D eigenvalue weighted by Crippen LogP contribution is -2.15. The first-order valence-electron chi connectivity index (χ1n) is 8.18. The van der Waals surface area contributed by atoms with Crippen molar-refractivity contribution in [2.45, 2.75) is 24.8 Å². The molecule has 0 aliphatic heterocycles. The SMILES string of the molecule is Cc1ccc(-n2nnnc2SCc2cc(=O)n3cc(Cl)ccc3n2)c(C)c1. The Morgan fingerprint density at radius 3 is 2.81 bits per heavy atom. The number of tetrazole rings is 1. The Bertz CT molecular complexity index is 1200. The lowest BCUT2D eigenvalue weighted by molar-refractivity contribution is 0.751. The van der Waals surface area contributed by atoms with Crippen LogP contribution in [0.4, 0.5) is 0 Å². The molecule has 0 aliphatic rings. The summed E-state index contributed by atoms with van der Waals surface area (Å²) in [7, 11) is 0. The molecule has 0 spiro atoms. The number of aromatic nitrogens is 6. The summed E-state index contributed by atoms with van der Waals surface area (Å²) in [5.41, 5.74) is 4.22.